The van der Waals surface area contributed by atoms with Gasteiger partial charge >= 0.3 is 5.69 Å². The summed E-state index contributed by atoms with van der Waals surface area (Å²) in [5.74, 6) is -1.63. The number of hydrogen-bond donors (Lipinski definition) is 4. The Bertz CT molecular complexity index is 2170. The predicted molar refractivity (Wildman–Crippen MR) is 251 cm³/mol. The highest BCUT2D eigenvalue weighted by Crippen LogP contribution is 2.25. The molecule has 3 aromatic rings. The molecule has 5 N–H and O–H groups in total. The van der Waals surface area contributed by atoms with Gasteiger partial charge in [-0.2, -0.15) is 0 Å². The molecule has 0 spiro atoms. The summed E-state index contributed by atoms with van der Waals surface area (Å²) in [6.07, 6.45) is 8.20. The summed E-state index contributed by atoms with van der Waals surface area (Å²) in [7, 11) is 1.68. The number of benzene rings is 2. The monoisotopic (exact) mass is 934 g/mol. The fourth-order valence-corrected chi connectivity index (χ4v) is 8.50. The number of unbranched alkanes of at least 4 members (excludes halogenated alkanes) is 2. The third-order valence-corrected chi connectivity index (χ3v) is 12.4. The molecule has 1 unspecified atom stereocenters. The smallest absolute Gasteiger partial charge is 0.329 e. The molecule has 5 rings (SSSR count). The quantitative estimate of drug-likeness (QED) is 0.0560. The zero-order chi connectivity index (χ0) is 48.1. The maximum atomic E-state index is 13.4. The number of piperidine rings is 1. The zero-order valence-corrected chi connectivity index (χ0v) is 39.5. The fraction of sp³-hybridized carbons (Fsp3) is 0.612. The molecule has 4 atom stereocenters. The highest BCUT2D eigenvalue weighted by molar-refractivity contribution is 6.00. The van der Waals surface area contributed by atoms with Crippen molar-refractivity contribution in [2.75, 3.05) is 52.7 Å². The van der Waals surface area contributed by atoms with Crippen LogP contribution in [0.25, 0.3) is 11.0 Å². The summed E-state index contributed by atoms with van der Waals surface area (Å²) in [4.78, 5) is 88.9. The van der Waals surface area contributed by atoms with Crippen LogP contribution in [0.5, 0.6) is 0 Å². The van der Waals surface area contributed by atoms with Crippen LogP contribution in [0.15, 0.2) is 47.3 Å². The first-order valence-corrected chi connectivity index (χ1v) is 24.0. The van der Waals surface area contributed by atoms with Gasteiger partial charge in [0.2, 0.25) is 35.4 Å². The number of aromatic nitrogens is 2. The van der Waals surface area contributed by atoms with Gasteiger partial charge in [0.05, 0.1) is 56.2 Å². The number of rotatable bonds is 30. The number of likely N-dealkylation sites (tertiary alicyclic amines) is 1. The molecular weight excluding hydrogens is 863 g/mol. The van der Waals surface area contributed by atoms with Gasteiger partial charge in [-0.3, -0.25) is 43.2 Å². The number of imidazole rings is 1. The van der Waals surface area contributed by atoms with Crippen LogP contribution in [0.3, 0.4) is 0 Å². The largest absolute Gasteiger partial charge is 0.379 e. The van der Waals surface area contributed by atoms with E-state index in [-0.39, 0.29) is 55.4 Å². The Labute approximate surface area is 392 Å². The van der Waals surface area contributed by atoms with Crippen molar-refractivity contribution in [1.29, 1.82) is 0 Å². The van der Waals surface area contributed by atoms with E-state index < -0.39 is 36.0 Å². The van der Waals surface area contributed by atoms with Crippen LogP contribution in [0.1, 0.15) is 114 Å². The molecule has 1 aromatic heterocycles. The molecule has 2 aliphatic heterocycles. The van der Waals surface area contributed by atoms with Crippen molar-refractivity contribution in [2.24, 2.45) is 12.8 Å². The number of fused-ring (bicyclic) bond motifs is 1. The van der Waals surface area contributed by atoms with Gasteiger partial charge in [0, 0.05) is 46.0 Å². The number of nitrogens with two attached hydrogens (primary N) is 1. The Morgan fingerprint density at radius 1 is 0.836 bits per heavy atom. The van der Waals surface area contributed by atoms with Gasteiger partial charge in [-0.1, -0.05) is 50.1 Å². The van der Waals surface area contributed by atoms with Crippen molar-refractivity contribution in [1.82, 2.24) is 30.0 Å². The maximum absolute atomic E-state index is 13.4. The van der Waals surface area contributed by atoms with E-state index in [0.29, 0.717) is 77.3 Å². The average molecular weight is 934 g/mol. The normalized spacial score (nSPS) is 17.1. The van der Waals surface area contributed by atoms with Crippen LogP contribution in [0, 0.1) is 0 Å². The van der Waals surface area contributed by atoms with E-state index in [1.54, 1.807) is 11.9 Å². The number of amides is 6. The highest BCUT2D eigenvalue weighted by atomic mass is 16.5. The van der Waals surface area contributed by atoms with E-state index in [1.165, 1.54) is 9.13 Å². The molecular formula is C49H71N7O11. The molecule has 0 aliphatic carbocycles. The van der Waals surface area contributed by atoms with Gasteiger partial charge in [-0.25, -0.2) is 4.79 Å². The predicted octanol–water partition coefficient (Wildman–Crippen LogP) is 3.28. The lowest BCUT2D eigenvalue weighted by Crippen LogP contribution is -2.52. The van der Waals surface area contributed by atoms with Crippen LogP contribution < -0.4 is 27.4 Å². The summed E-state index contributed by atoms with van der Waals surface area (Å²) in [5.41, 5.74) is 9.66. The number of nitrogens with zero attached hydrogens (tertiary/aromatic N) is 3. The third kappa shape index (κ3) is 16.4. The Morgan fingerprint density at radius 3 is 2.27 bits per heavy atom. The molecule has 18 heteroatoms. The van der Waals surface area contributed by atoms with Crippen molar-refractivity contribution in [3.05, 3.63) is 69.6 Å². The lowest BCUT2D eigenvalue weighted by atomic mass is 10.0. The summed E-state index contributed by atoms with van der Waals surface area (Å²) >= 11 is 0. The molecule has 2 fully saturated rings. The van der Waals surface area contributed by atoms with E-state index in [0.717, 1.165) is 73.6 Å². The first kappa shape index (κ1) is 52.5. The number of primary amides is 1. The third-order valence-electron chi connectivity index (χ3n) is 12.4. The lowest BCUT2D eigenvalue weighted by molar-refractivity contribution is -0.139. The maximum Gasteiger partial charge on any atom is 0.329 e. The number of carbonyl (C=O) groups is 6. The number of aryl methyl sites for hydroxylation is 3. The summed E-state index contributed by atoms with van der Waals surface area (Å²) in [6.45, 7) is 7.26. The van der Waals surface area contributed by atoms with Crippen LogP contribution in [-0.4, -0.2) is 120 Å². The van der Waals surface area contributed by atoms with Gasteiger partial charge in [0.15, 0.2) is 0 Å². The number of nitrogens with one attached hydrogen (secondary N) is 3. The minimum Gasteiger partial charge on any atom is -0.379 e. The first-order chi connectivity index (χ1) is 32.4. The Hall–Kier alpha value is -5.43. The Morgan fingerprint density at radius 2 is 1.54 bits per heavy atom. The second kappa shape index (κ2) is 27.4. The minimum absolute atomic E-state index is 0.0137. The lowest BCUT2D eigenvalue weighted by Gasteiger charge is -2.29. The summed E-state index contributed by atoms with van der Waals surface area (Å²) in [5, 5.41) is 8.28. The van der Waals surface area contributed by atoms with E-state index in [9.17, 15) is 33.6 Å². The fourth-order valence-electron chi connectivity index (χ4n) is 8.50. The van der Waals surface area contributed by atoms with Crippen LogP contribution >= 0.6 is 0 Å². The number of imide groups is 1. The van der Waals surface area contributed by atoms with Gasteiger partial charge in [-0.15, -0.1) is 0 Å². The standard InChI is InChI=1S/C49H71N7O11/c1-4-5-6-13-46(60)55-25-8-12-40(55)47(61)52-38(19-22-43(50)57)34(2)67-32-37-16-14-35(15-17-37)10-7-24-51-45(59)33-66-30-29-65-28-27-64-26-9-11-36-18-20-39-42(31-36)54(3)49(63)56(39)41-21-23-44(58)53-48(41)62/h14-18,20,31,34,38,40-41H,4-13,19,21-30,32-33H2,1-3H3,(H2,50,57)(H,51,59)(H,52,61)(H,53,58,62)/t34-,38+,40+,41?/m1/s1. The van der Waals surface area contributed by atoms with Gasteiger partial charge in [-0.05, 0) is 93.5 Å². The van der Waals surface area contributed by atoms with Crippen LogP contribution in [-0.2, 0) is 74.2 Å². The molecule has 0 saturated carbocycles. The highest BCUT2D eigenvalue weighted by Gasteiger charge is 2.36. The van der Waals surface area contributed by atoms with Gasteiger partial charge < -0.3 is 40.2 Å². The van der Waals surface area contributed by atoms with Crippen molar-refractivity contribution in [2.45, 2.75) is 135 Å². The molecule has 3 heterocycles. The van der Waals surface area contributed by atoms with E-state index in [4.69, 9.17) is 24.7 Å². The Balaban J connectivity index is 0.882. The molecule has 368 valence electrons. The summed E-state index contributed by atoms with van der Waals surface area (Å²) in [6, 6.07) is 12.1. The molecule has 67 heavy (non-hydrogen) atoms. The van der Waals surface area contributed by atoms with E-state index in [1.807, 2.05) is 49.4 Å². The Kier molecular flexibility index (Phi) is 21.5. The van der Waals surface area contributed by atoms with Gasteiger partial charge in [0.25, 0.3) is 0 Å². The topological polar surface area (TPSA) is 232 Å². The zero-order valence-electron chi connectivity index (χ0n) is 39.5. The molecule has 2 saturated heterocycles. The van der Waals surface area contributed by atoms with Crippen molar-refractivity contribution in [3.8, 4) is 0 Å². The van der Waals surface area contributed by atoms with Crippen LogP contribution in [0.2, 0.25) is 0 Å². The van der Waals surface area contributed by atoms with Crippen molar-refractivity contribution in [3.63, 3.8) is 0 Å². The molecule has 2 aromatic carbocycles. The first-order valence-electron chi connectivity index (χ1n) is 24.0. The molecule has 2 aliphatic rings. The van der Waals surface area contributed by atoms with Gasteiger partial charge in [0.1, 0.15) is 18.7 Å². The van der Waals surface area contributed by atoms with Crippen LogP contribution in [0.4, 0.5) is 0 Å². The SMILES string of the molecule is CCCCCC(=O)N1CCC[C@H]1C(=O)N[C@@H](CCC(N)=O)[C@@H](C)OCc1ccc(CCCNC(=O)COCCOCCOCCCc2ccc3c(c2)n(C)c(=O)n3C2CCC(=O)NC2=O)cc1. The van der Waals surface area contributed by atoms with Crippen molar-refractivity contribution >= 4 is 46.5 Å². The molecule has 6 amide bonds. The van der Waals surface area contributed by atoms with E-state index in [2.05, 4.69) is 22.9 Å². The molecule has 0 radical (unpaired) electrons. The second-order valence-electron chi connectivity index (χ2n) is 17.5. The number of ether oxygens (including phenoxy) is 4. The van der Waals surface area contributed by atoms with Crippen molar-refractivity contribution < 1.29 is 47.7 Å². The molecule has 0 bridgehead atoms. The minimum atomic E-state index is -0.713. The second-order valence-corrected chi connectivity index (χ2v) is 17.5. The van der Waals surface area contributed by atoms with E-state index >= 15 is 0 Å². The average Bonchev–Trinajstić information content (AvgIpc) is 3.90. The number of carbonyl (C=O) groups excluding carboxylic acids is 6. The summed E-state index contributed by atoms with van der Waals surface area (Å²) < 4.78 is 25.9. The number of hydrogen-bond acceptors (Lipinski definition) is 11. The molecule has 18 nitrogen and oxygen atoms in total.